The van der Waals surface area contributed by atoms with Crippen molar-refractivity contribution in [2.45, 2.75) is 25.7 Å². The minimum atomic E-state index is 0.287. The number of hydrogen-bond acceptors (Lipinski definition) is 8. The summed E-state index contributed by atoms with van der Waals surface area (Å²) in [6.07, 6.45) is 8.07. The molecule has 1 fully saturated rings. The Bertz CT molecular complexity index is 549. The molecular formula is C11H17N9. The van der Waals surface area contributed by atoms with Crippen molar-refractivity contribution in [2.24, 2.45) is 11.8 Å². The van der Waals surface area contributed by atoms with Crippen LogP contribution in [0.2, 0.25) is 0 Å². The van der Waals surface area contributed by atoms with Crippen molar-refractivity contribution in [3.63, 3.8) is 0 Å². The minimum absolute atomic E-state index is 0.287. The van der Waals surface area contributed by atoms with E-state index in [0.717, 1.165) is 18.9 Å². The molecular weight excluding hydrogens is 258 g/mol. The third-order valence-electron chi connectivity index (χ3n) is 3.15. The number of hydrogen-bond donors (Lipinski definition) is 3. The third kappa shape index (κ3) is 3.18. The second kappa shape index (κ2) is 5.78. The Balaban J connectivity index is 1.67. The maximum absolute atomic E-state index is 5.37. The van der Waals surface area contributed by atoms with Crippen molar-refractivity contribution in [1.29, 1.82) is 0 Å². The van der Waals surface area contributed by atoms with Crippen LogP contribution >= 0.6 is 0 Å². The van der Waals surface area contributed by atoms with Crippen LogP contribution in [0.4, 0.5) is 11.9 Å². The lowest BCUT2D eigenvalue weighted by Crippen LogP contribution is -2.16. The first-order valence-electron chi connectivity index (χ1n) is 6.67. The second-order valence-electron chi connectivity index (χ2n) is 4.78. The zero-order valence-electron chi connectivity index (χ0n) is 11.0. The van der Waals surface area contributed by atoms with Gasteiger partial charge in [0.15, 0.2) is 0 Å². The Labute approximate surface area is 116 Å². The summed E-state index contributed by atoms with van der Waals surface area (Å²) in [7, 11) is 0. The molecule has 0 aromatic carbocycles. The van der Waals surface area contributed by atoms with Gasteiger partial charge in [-0.2, -0.15) is 24.7 Å². The molecule has 0 atom stereocenters. The average molecular weight is 275 g/mol. The Morgan fingerprint density at radius 2 is 2.10 bits per heavy atom. The highest BCUT2D eigenvalue weighted by atomic mass is 15.4. The van der Waals surface area contributed by atoms with Gasteiger partial charge in [-0.3, -0.25) is 5.43 Å². The summed E-state index contributed by atoms with van der Waals surface area (Å²) >= 11 is 0. The molecule has 0 spiro atoms. The quantitative estimate of drug-likeness (QED) is 0.376. The van der Waals surface area contributed by atoms with Crippen LogP contribution in [0.25, 0.3) is 5.95 Å². The van der Waals surface area contributed by atoms with E-state index in [1.54, 1.807) is 0 Å². The van der Waals surface area contributed by atoms with Crippen LogP contribution in [0.1, 0.15) is 25.7 Å². The first-order valence-corrected chi connectivity index (χ1v) is 6.67. The normalized spacial score (nSPS) is 14.2. The van der Waals surface area contributed by atoms with Gasteiger partial charge in [0.1, 0.15) is 12.7 Å². The smallest absolute Gasteiger partial charge is 0.258 e. The van der Waals surface area contributed by atoms with E-state index in [1.807, 2.05) is 0 Å². The van der Waals surface area contributed by atoms with Gasteiger partial charge in [-0.1, -0.05) is 12.8 Å². The molecule has 9 heteroatoms. The summed E-state index contributed by atoms with van der Waals surface area (Å²) in [6.45, 7) is 0.835. The van der Waals surface area contributed by atoms with E-state index in [0.29, 0.717) is 11.9 Å². The third-order valence-corrected chi connectivity index (χ3v) is 3.15. The molecule has 20 heavy (non-hydrogen) atoms. The number of rotatable bonds is 7. The lowest BCUT2D eigenvalue weighted by atomic mass is 10.2. The average Bonchev–Trinajstić information content (AvgIpc) is 3.14. The van der Waals surface area contributed by atoms with E-state index in [1.165, 1.54) is 36.6 Å². The largest absolute Gasteiger partial charge is 0.354 e. The molecule has 0 saturated heterocycles. The Kier molecular flexibility index (Phi) is 3.68. The highest BCUT2D eigenvalue weighted by molar-refractivity contribution is 5.36. The maximum Gasteiger partial charge on any atom is 0.258 e. The molecule has 0 unspecified atom stereocenters. The molecule has 1 aliphatic rings. The fourth-order valence-corrected chi connectivity index (χ4v) is 1.92. The van der Waals surface area contributed by atoms with Crippen LogP contribution in [0.5, 0.6) is 0 Å². The SMILES string of the molecule is NNc1nc(NCCCC2CC2)nc(-n2cncn2)n1. The van der Waals surface area contributed by atoms with Gasteiger partial charge in [0, 0.05) is 6.54 Å². The summed E-state index contributed by atoms with van der Waals surface area (Å²) in [5.41, 5.74) is 2.42. The van der Waals surface area contributed by atoms with E-state index in [-0.39, 0.29) is 5.95 Å². The Morgan fingerprint density at radius 3 is 2.80 bits per heavy atom. The molecule has 0 radical (unpaired) electrons. The van der Waals surface area contributed by atoms with Crippen molar-refractivity contribution >= 4 is 11.9 Å². The topological polar surface area (TPSA) is 119 Å². The van der Waals surface area contributed by atoms with E-state index < -0.39 is 0 Å². The lowest BCUT2D eigenvalue weighted by molar-refractivity contribution is 0.684. The molecule has 0 bridgehead atoms. The highest BCUT2D eigenvalue weighted by Gasteiger charge is 2.20. The molecule has 3 rings (SSSR count). The van der Waals surface area contributed by atoms with Crippen LogP contribution in [-0.4, -0.2) is 36.3 Å². The van der Waals surface area contributed by atoms with Crippen molar-refractivity contribution in [3.8, 4) is 5.95 Å². The molecule has 106 valence electrons. The predicted octanol–water partition coefficient (Wildman–Crippen LogP) is 0.340. The van der Waals surface area contributed by atoms with Gasteiger partial charge in [-0.25, -0.2) is 10.8 Å². The highest BCUT2D eigenvalue weighted by Crippen LogP contribution is 2.33. The lowest BCUT2D eigenvalue weighted by Gasteiger charge is -2.08. The van der Waals surface area contributed by atoms with Gasteiger partial charge < -0.3 is 5.32 Å². The van der Waals surface area contributed by atoms with Gasteiger partial charge in [-0.15, -0.1) is 0 Å². The van der Waals surface area contributed by atoms with Crippen LogP contribution in [0.3, 0.4) is 0 Å². The molecule has 1 saturated carbocycles. The van der Waals surface area contributed by atoms with Crippen LogP contribution in [-0.2, 0) is 0 Å². The maximum atomic E-state index is 5.37. The van der Waals surface area contributed by atoms with Gasteiger partial charge in [0.25, 0.3) is 5.95 Å². The number of hydrazine groups is 1. The molecule has 2 aromatic heterocycles. The molecule has 0 aliphatic heterocycles. The van der Waals surface area contributed by atoms with Crippen molar-refractivity contribution in [2.75, 3.05) is 17.3 Å². The summed E-state index contributed by atoms with van der Waals surface area (Å²) in [4.78, 5) is 16.4. The fraction of sp³-hybridized carbons (Fsp3) is 0.545. The van der Waals surface area contributed by atoms with Gasteiger partial charge in [0.05, 0.1) is 0 Å². The van der Waals surface area contributed by atoms with Crippen molar-refractivity contribution in [1.82, 2.24) is 29.7 Å². The zero-order valence-corrected chi connectivity index (χ0v) is 11.0. The molecule has 1 aliphatic carbocycles. The van der Waals surface area contributed by atoms with E-state index >= 15 is 0 Å². The van der Waals surface area contributed by atoms with Gasteiger partial charge in [-0.05, 0) is 18.8 Å². The predicted molar refractivity (Wildman–Crippen MR) is 73.0 cm³/mol. The van der Waals surface area contributed by atoms with Crippen LogP contribution in [0, 0.1) is 5.92 Å². The number of aromatic nitrogens is 6. The standard InChI is InChI=1S/C11H17N9/c12-19-10-16-9(14-5-1-2-8-3-4-8)17-11(18-10)20-7-13-6-15-20/h6-8H,1-5,12H2,(H2,14,16,17,18,19). The first-order chi connectivity index (χ1) is 9.85. The number of nitrogen functional groups attached to an aromatic ring is 1. The molecule has 2 aromatic rings. The van der Waals surface area contributed by atoms with E-state index in [4.69, 9.17) is 5.84 Å². The monoisotopic (exact) mass is 275 g/mol. The van der Waals surface area contributed by atoms with Crippen LogP contribution in [0.15, 0.2) is 12.7 Å². The molecule has 4 N–H and O–H groups in total. The van der Waals surface area contributed by atoms with Gasteiger partial charge in [0.2, 0.25) is 11.9 Å². The summed E-state index contributed by atoms with van der Waals surface area (Å²) < 4.78 is 1.46. The molecule has 2 heterocycles. The molecule has 9 nitrogen and oxygen atoms in total. The number of nitrogens with one attached hydrogen (secondary N) is 2. The number of anilines is 2. The molecule has 0 amide bonds. The van der Waals surface area contributed by atoms with Crippen molar-refractivity contribution < 1.29 is 0 Å². The summed E-state index contributed by atoms with van der Waals surface area (Å²) in [6, 6.07) is 0. The number of nitrogens with two attached hydrogens (primary N) is 1. The minimum Gasteiger partial charge on any atom is -0.354 e. The first kappa shape index (κ1) is 12.7. The summed E-state index contributed by atoms with van der Waals surface area (Å²) in [5.74, 6) is 7.44. The zero-order chi connectivity index (χ0) is 13.8. The summed E-state index contributed by atoms with van der Waals surface area (Å²) in [5, 5.41) is 7.17. The second-order valence-corrected chi connectivity index (χ2v) is 4.78. The van der Waals surface area contributed by atoms with E-state index in [2.05, 4.69) is 35.8 Å². The van der Waals surface area contributed by atoms with Crippen molar-refractivity contribution in [3.05, 3.63) is 12.7 Å². The van der Waals surface area contributed by atoms with Crippen LogP contribution < -0.4 is 16.6 Å². The Morgan fingerprint density at radius 1 is 1.25 bits per heavy atom. The van der Waals surface area contributed by atoms with Gasteiger partial charge >= 0.3 is 0 Å². The van der Waals surface area contributed by atoms with E-state index in [9.17, 15) is 0 Å². The Hall–Kier alpha value is -2.29. The number of nitrogens with zero attached hydrogens (tertiary/aromatic N) is 6. The fourth-order valence-electron chi connectivity index (χ4n) is 1.92.